The first-order chi connectivity index (χ1) is 20.5. The Hall–Kier alpha value is -3.62. The number of pyridine rings is 1. The second kappa shape index (κ2) is 12.7. The number of carbonyl (C=O) groups is 3. The Labute approximate surface area is 247 Å². The van der Waals surface area contributed by atoms with Crippen molar-refractivity contribution < 1.29 is 28.6 Å². The number of nitrogens with one attached hydrogen (secondary N) is 1. The predicted octanol–water partition coefficient (Wildman–Crippen LogP) is 5.41. The number of alkyl carbamates (subject to hydrolysis) is 1. The van der Waals surface area contributed by atoms with Crippen molar-refractivity contribution in [2.24, 2.45) is 11.8 Å². The van der Waals surface area contributed by atoms with Crippen LogP contribution in [0.3, 0.4) is 0 Å². The van der Waals surface area contributed by atoms with Crippen LogP contribution in [0.4, 0.5) is 4.79 Å². The molecule has 224 valence electrons. The van der Waals surface area contributed by atoms with E-state index in [4.69, 9.17) is 19.2 Å². The van der Waals surface area contributed by atoms with E-state index in [-0.39, 0.29) is 24.5 Å². The highest BCUT2D eigenvalue weighted by molar-refractivity contribution is 5.90. The number of rotatable bonds is 2. The molecule has 2 bridgehead atoms. The lowest BCUT2D eigenvalue weighted by atomic mass is 9.96. The average molecular weight is 576 g/mol. The van der Waals surface area contributed by atoms with Crippen LogP contribution in [-0.4, -0.2) is 65.8 Å². The first-order valence-electron chi connectivity index (χ1n) is 15.6. The second-order valence-electron chi connectivity index (χ2n) is 12.2. The summed E-state index contributed by atoms with van der Waals surface area (Å²) >= 11 is 0. The summed E-state index contributed by atoms with van der Waals surface area (Å²) in [5.41, 5.74) is 1.61. The fraction of sp³-hybridized carbons (Fsp3) is 0.576. The maximum absolute atomic E-state index is 14.2. The van der Waals surface area contributed by atoms with Crippen molar-refractivity contribution >= 4 is 34.9 Å². The van der Waals surface area contributed by atoms with Crippen molar-refractivity contribution in [3.63, 3.8) is 0 Å². The molecule has 2 saturated carbocycles. The van der Waals surface area contributed by atoms with E-state index in [2.05, 4.69) is 11.4 Å². The molecule has 1 aromatic heterocycles. The molecule has 6 rings (SSSR count). The molecule has 9 heteroatoms. The van der Waals surface area contributed by atoms with Gasteiger partial charge in [0.2, 0.25) is 5.91 Å². The lowest BCUT2D eigenvalue weighted by Crippen LogP contribution is -2.55. The molecule has 0 spiro atoms. The molecule has 0 unspecified atom stereocenters. The van der Waals surface area contributed by atoms with E-state index >= 15 is 0 Å². The molecule has 3 heterocycles. The Kier molecular flexibility index (Phi) is 8.63. The largest absolute Gasteiger partial charge is 0.486 e. The summed E-state index contributed by atoms with van der Waals surface area (Å²) in [6.07, 6.45) is 12.7. The molecule has 9 nitrogen and oxygen atoms in total. The molecule has 2 amide bonds. The van der Waals surface area contributed by atoms with Gasteiger partial charge in [-0.15, -0.1) is 0 Å². The van der Waals surface area contributed by atoms with Gasteiger partial charge in [-0.3, -0.25) is 4.79 Å². The number of benzene rings is 1. The van der Waals surface area contributed by atoms with Gasteiger partial charge in [-0.25, -0.2) is 14.6 Å². The summed E-state index contributed by atoms with van der Waals surface area (Å²) in [6, 6.07) is 8.34. The topological polar surface area (TPSA) is 107 Å². The van der Waals surface area contributed by atoms with Crippen LogP contribution in [0.25, 0.3) is 17.0 Å². The lowest BCUT2D eigenvalue weighted by Gasteiger charge is -2.31. The van der Waals surface area contributed by atoms with E-state index in [0.29, 0.717) is 18.1 Å². The first-order valence-corrected chi connectivity index (χ1v) is 15.6. The van der Waals surface area contributed by atoms with Gasteiger partial charge in [0.05, 0.1) is 19.2 Å². The van der Waals surface area contributed by atoms with Crippen LogP contribution in [0, 0.1) is 11.8 Å². The van der Waals surface area contributed by atoms with Gasteiger partial charge in [0.1, 0.15) is 35.7 Å². The predicted molar refractivity (Wildman–Crippen MR) is 158 cm³/mol. The summed E-state index contributed by atoms with van der Waals surface area (Å²) < 4.78 is 17.6. The number of esters is 1. The number of methoxy groups -OCH3 is 1. The molecule has 2 aliphatic heterocycles. The maximum atomic E-state index is 14.2. The standard InChI is InChI=1S/C33H41N3O6/c1-40-32(38)27-19-24-20-36(27)31(37)30(22-11-5-6-12-22)35-33(39)42-28-17-9-14-21(28)10-3-2-4-16-26-29(41-24)18-23-13-7-8-15-25(23)34-26/h4,7-8,13,15-16,18,21-22,24,27-28,30H,2-3,5-6,9-12,14,17,19-20H2,1H3,(H,35,39)/b16-4-/t21-,24+,27-,28-,30-/m0/s1. The maximum Gasteiger partial charge on any atom is 0.408 e. The Morgan fingerprint density at radius 3 is 2.62 bits per heavy atom. The molecular weight excluding hydrogens is 534 g/mol. The van der Waals surface area contributed by atoms with Crippen molar-refractivity contribution in [2.75, 3.05) is 13.7 Å². The molecule has 0 radical (unpaired) electrons. The number of allylic oxidation sites excluding steroid dienone is 1. The van der Waals surface area contributed by atoms with Crippen LogP contribution in [0.5, 0.6) is 5.75 Å². The SMILES string of the molecule is COC(=O)[C@@H]1C[C@@H]2CN1C(=O)[C@H](C1CCCC1)NC(=O)O[C@H]1CCC[C@@H]1CCC/C=C\c1nc3ccccc3cc1O2. The van der Waals surface area contributed by atoms with Gasteiger partial charge in [-0.05, 0) is 81.4 Å². The second-order valence-corrected chi connectivity index (χ2v) is 12.2. The summed E-state index contributed by atoms with van der Waals surface area (Å²) in [5.74, 6) is 0.165. The van der Waals surface area contributed by atoms with Gasteiger partial charge in [-0.1, -0.05) is 37.1 Å². The van der Waals surface area contributed by atoms with Crippen LogP contribution in [0.15, 0.2) is 36.4 Å². The Morgan fingerprint density at radius 2 is 1.79 bits per heavy atom. The van der Waals surface area contributed by atoms with Crippen molar-refractivity contribution in [1.82, 2.24) is 15.2 Å². The third-order valence-corrected chi connectivity index (χ3v) is 9.51. The third-order valence-electron chi connectivity index (χ3n) is 9.51. The highest BCUT2D eigenvalue weighted by atomic mass is 16.6. The quantitative estimate of drug-likeness (QED) is 0.478. The number of amides is 2. The number of hydrogen-bond donors (Lipinski definition) is 1. The highest BCUT2D eigenvalue weighted by Crippen LogP contribution is 2.35. The lowest BCUT2D eigenvalue weighted by molar-refractivity contribution is -0.152. The number of ether oxygens (including phenoxy) is 3. The molecule has 4 aliphatic rings. The van der Waals surface area contributed by atoms with Gasteiger partial charge in [0.25, 0.3) is 0 Å². The normalized spacial score (nSPS) is 29.9. The molecule has 1 saturated heterocycles. The van der Waals surface area contributed by atoms with Gasteiger partial charge in [0, 0.05) is 11.8 Å². The van der Waals surface area contributed by atoms with E-state index in [1.54, 1.807) is 4.90 Å². The van der Waals surface area contributed by atoms with E-state index in [1.165, 1.54) is 7.11 Å². The molecule has 2 aliphatic carbocycles. The Bertz CT molecular complexity index is 1340. The molecule has 1 aromatic carbocycles. The number of fused-ring (bicyclic) bond motifs is 5. The minimum atomic E-state index is -0.803. The summed E-state index contributed by atoms with van der Waals surface area (Å²) in [4.78, 5) is 46.8. The van der Waals surface area contributed by atoms with E-state index in [9.17, 15) is 14.4 Å². The van der Waals surface area contributed by atoms with Crippen LogP contribution < -0.4 is 10.1 Å². The van der Waals surface area contributed by atoms with Crippen LogP contribution in [-0.2, 0) is 19.1 Å². The van der Waals surface area contributed by atoms with Crippen molar-refractivity contribution in [1.29, 1.82) is 0 Å². The monoisotopic (exact) mass is 575 g/mol. The minimum Gasteiger partial charge on any atom is -0.486 e. The minimum absolute atomic E-state index is 0.00489. The third kappa shape index (κ3) is 6.10. The van der Waals surface area contributed by atoms with Crippen molar-refractivity contribution in [3.8, 4) is 5.75 Å². The number of aromatic nitrogens is 1. The van der Waals surface area contributed by atoms with Crippen LogP contribution >= 0.6 is 0 Å². The van der Waals surface area contributed by atoms with Gasteiger partial charge in [-0.2, -0.15) is 0 Å². The van der Waals surface area contributed by atoms with Gasteiger partial charge in [0.15, 0.2) is 0 Å². The van der Waals surface area contributed by atoms with E-state index < -0.39 is 30.3 Å². The van der Waals surface area contributed by atoms with E-state index in [0.717, 1.165) is 80.8 Å². The molecular formula is C33H41N3O6. The number of para-hydroxylation sites is 1. The van der Waals surface area contributed by atoms with Crippen LogP contribution in [0.2, 0.25) is 0 Å². The smallest absolute Gasteiger partial charge is 0.408 e. The first kappa shape index (κ1) is 28.5. The Balaban J connectivity index is 1.35. The average Bonchev–Trinajstić information content (AvgIpc) is 3.77. The van der Waals surface area contributed by atoms with Gasteiger partial charge < -0.3 is 24.4 Å². The molecule has 3 fully saturated rings. The molecule has 42 heavy (non-hydrogen) atoms. The zero-order valence-corrected chi connectivity index (χ0v) is 24.3. The zero-order valence-electron chi connectivity index (χ0n) is 24.3. The number of hydrogen-bond acceptors (Lipinski definition) is 7. The zero-order chi connectivity index (χ0) is 29.1. The summed E-state index contributed by atoms with van der Waals surface area (Å²) in [5, 5.41) is 3.91. The van der Waals surface area contributed by atoms with Crippen LogP contribution in [0.1, 0.15) is 76.3 Å². The summed E-state index contributed by atoms with van der Waals surface area (Å²) in [6.45, 7) is 0.208. The summed E-state index contributed by atoms with van der Waals surface area (Å²) in [7, 11) is 1.33. The Morgan fingerprint density at radius 1 is 1.00 bits per heavy atom. The number of carbonyl (C=O) groups excluding carboxylic acids is 3. The molecule has 1 N–H and O–H groups in total. The van der Waals surface area contributed by atoms with Crippen molar-refractivity contribution in [3.05, 3.63) is 42.1 Å². The van der Waals surface area contributed by atoms with E-state index in [1.807, 2.05) is 36.4 Å². The molecule has 2 aromatic rings. The van der Waals surface area contributed by atoms with Gasteiger partial charge >= 0.3 is 12.1 Å². The number of nitrogens with zero attached hydrogens (tertiary/aromatic N) is 2. The van der Waals surface area contributed by atoms with Crippen molar-refractivity contribution in [2.45, 2.75) is 94.9 Å². The molecule has 5 atom stereocenters. The fourth-order valence-electron chi connectivity index (χ4n) is 7.32. The highest BCUT2D eigenvalue weighted by Gasteiger charge is 2.46. The fourth-order valence-corrected chi connectivity index (χ4v) is 7.32.